The van der Waals surface area contributed by atoms with Gasteiger partial charge in [-0.05, 0) is 30.9 Å². The minimum absolute atomic E-state index is 0.0975. The number of amides is 1. The van der Waals surface area contributed by atoms with E-state index in [0.29, 0.717) is 0 Å². The minimum Gasteiger partial charge on any atom is -0.453 e. The molecule has 2 rings (SSSR count). The monoisotopic (exact) mass is 305 g/mol. The summed E-state index contributed by atoms with van der Waals surface area (Å²) < 4.78 is 4.88. The van der Waals surface area contributed by atoms with Gasteiger partial charge in [0.1, 0.15) is 5.82 Å². The summed E-state index contributed by atoms with van der Waals surface area (Å²) in [6.07, 6.45) is 1.70. The number of aromatic nitrogens is 1. The molecule has 0 aromatic carbocycles. The SMILES string of the molecule is COC(=O)N1C(C)CN(c2ccc(C(C)(C)C)cn2)CC1C. The first-order valence-electron chi connectivity index (χ1n) is 7.81. The van der Waals surface area contributed by atoms with Gasteiger partial charge in [0.15, 0.2) is 0 Å². The molecule has 5 heteroatoms. The maximum absolute atomic E-state index is 11.9. The standard InChI is InChI=1S/C17H27N3O2/c1-12-10-19(11-13(2)20(12)16(21)22-6)15-8-7-14(9-18-15)17(3,4)5/h7-9,12-13H,10-11H2,1-6H3. The van der Waals surface area contributed by atoms with Crippen LogP contribution in [0.5, 0.6) is 0 Å². The molecule has 1 aromatic heterocycles. The summed E-state index contributed by atoms with van der Waals surface area (Å²) in [5, 5.41) is 0. The van der Waals surface area contributed by atoms with E-state index >= 15 is 0 Å². The Bertz CT molecular complexity index is 510. The Morgan fingerprint density at radius 2 is 1.82 bits per heavy atom. The van der Waals surface area contributed by atoms with Gasteiger partial charge in [-0.1, -0.05) is 26.8 Å². The molecule has 1 saturated heterocycles. The van der Waals surface area contributed by atoms with E-state index in [0.717, 1.165) is 18.9 Å². The predicted octanol–water partition coefficient (Wildman–Crippen LogP) is 3.04. The molecule has 0 N–H and O–H groups in total. The number of nitrogens with zero attached hydrogens (tertiary/aromatic N) is 3. The fourth-order valence-electron chi connectivity index (χ4n) is 2.99. The van der Waals surface area contributed by atoms with Gasteiger partial charge >= 0.3 is 6.09 Å². The maximum atomic E-state index is 11.9. The molecule has 2 unspecified atom stereocenters. The summed E-state index contributed by atoms with van der Waals surface area (Å²) >= 11 is 0. The molecule has 0 spiro atoms. The molecule has 22 heavy (non-hydrogen) atoms. The Morgan fingerprint density at radius 1 is 1.23 bits per heavy atom. The van der Waals surface area contributed by atoms with Crippen molar-refractivity contribution in [2.24, 2.45) is 0 Å². The van der Waals surface area contributed by atoms with Crippen molar-refractivity contribution in [3.8, 4) is 0 Å². The second kappa shape index (κ2) is 6.15. The number of hydrogen-bond donors (Lipinski definition) is 0. The van der Waals surface area contributed by atoms with Crippen molar-refractivity contribution in [1.82, 2.24) is 9.88 Å². The number of carbonyl (C=O) groups is 1. The molecule has 1 aromatic rings. The fraction of sp³-hybridized carbons (Fsp3) is 0.647. The van der Waals surface area contributed by atoms with Crippen molar-refractivity contribution in [3.63, 3.8) is 0 Å². The predicted molar refractivity (Wildman–Crippen MR) is 88.3 cm³/mol. The van der Waals surface area contributed by atoms with Crippen LogP contribution in [0.4, 0.5) is 10.6 Å². The fourth-order valence-corrected chi connectivity index (χ4v) is 2.99. The van der Waals surface area contributed by atoms with Crippen molar-refractivity contribution in [1.29, 1.82) is 0 Å². The first kappa shape index (κ1) is 16.6. The Labute approximate surface area is 133 Å². The highest BCUT2D eigenvalue weighted by Crippen LogP contribution is 2.25. The topological polar surface area (TPSA) is 45.7 Å². The van der Waals surface area contributed by atoms with Gasteiger partial charge in [-0.25, -0.2) is 9.78 Å². The van der Waals surface area contributed by atoms with Gasteiger partial charge in [-0.2, -0.15) is 0 Å². The van der Waals surface area contributed by atoms with Crippen LogP contribution in [0.25, 0.3) is 0 Å². The zero-order valence-corrected chi connectivity index (χ0v) is 14.5. The van der Waals surface area contributed by atoms with Gasteiger partial charge in [0.25, 0.3) is 0 Å². The van der Waals surface area contributed by atoms with E-state index in [4.69, 9.17) is 4.74 Å². The summed E-state index contributed by atoms with van der Waals surface area (Å²) in [7, 11) is 1.43. The van der Waals surface area contributed by atoms with E-state index in [-0.39, 0.29) is 23.6 Å². The molecule has 0 bridgehead atoms. The lowest BCUT2D eigenvalue weighted by atomic mass is 9.88. The average molecular weight is 305 g/mol. The van der Waals surface area contributed by atoms with E-state index in [2.05, 4.69) is 42.8 Å². The number of ether oxygens (including phenoxy) is 1. The van der Waals surface area contributed by atoms with Crippen molar-refractivity contribution in [3.05, 3.63) is 23.9 Å². The van der Waals surface area contributed by atoms with Crippen LogP contribution in [-0.2, 0) is 10.2 Å². The number of methoxy groups -OCH3 is 1. The van der Waals surface area contributed by atoms with Crippen LogP contribution in [0.1, 0.15) is 40.2 Å². The van der Waals surface area contributed by atoms with Gasteiger partial charge in [0.2, 0.25) is 0 Å². The lowest BCUT2D eigenvalue weighted by molar-refractivity contribution is 0.0818. The number of pyridine rings is 1. The number of hydrogen-bond acceptors (Lipinski definition) is 4. The molecule has 0 aliphatic carbocycles. The van der Waals surface area contributed by atoms with E-state index in [1.54, 1.807) is 4.90 Å². The van der Waals surface area contributed by atoms with Gasteiger partial charge in [0.05, 0.1) is 19.2 Å². The molecule has 2 atom stereocenters. The lowest BCUT2D eigenvalue weighted by Crippen LogP contribution is -2.58. The van der Waals surface area contributed by atoms with Crippen LogP contribution in [0.3, 0.4) is 0 Å². The zero-order valence-electron chi connectivity index (χ0n) is 14.5. The number of rotatable bonds is 1. The van der Waals surface area contributed by atoms with Gasteiger partial charge in [-0.15, -0.1) is 0 Å². The van der Waals surface area contributed by atoms with E-state index in [1.807, 2.05) is 20.0 Å². The quantitative estimate of drug-likeness (QED) is 0.800. The molecule has 1 aliphatic heterocycles. The molecular weight excluding hydrogens is 278 g/mol. The average Bonchev–Trinajstić information content (AvgIpc) is 2.45. The van der Waals surface area contributed by atoms with Crippen molar-refractivity contribution in [2.45, 2.75) is 52.1 Å². The van der Waals surface area contributed by atoms with Crippen molar-refractivity contribution < 1.29 is 9.53 Å². The summed E-state index contributed by atoms with van der Waals surface area (Å²) in [6, 6.07) is 4.42. The Morgan fingerprint density at radius 3 is 2.23 bits per heavy atom. The molecule has 1 amide bonds. The van der Waals surface area contributed by atoms with Gasteiger partial charge in [0, 0.05) is 19.3 Å². The smallest absolute Gasteiger partial charge is 0.410 e. The third-order valence-corrected chi connectivity index (χ3v) is 4.24. The second-order valence-corrected chi connectivity index (χ2v) is 7.14. The summed E-state index contributed by atoms with van der Waals surface area (Å²) in [6.45, 7) is 12.2. The van der Waals surface area contributed by atoms with Gasteiger partial charge in [-0.3, -0.25) is 4.90 Å². The molecule has 2 heterocycles. The van der Waals surface area contributed by atoms with Crippen LogP contribution in [0, 0.1) is 0 Å². The van der Waals surface area contributed by atoms with Crippen LogP contribution in [0.2, 0.25) is 0 Å². The minimum atomic E-state index is -0.254. The number of piperazine rings is 1. The molecule has 0 radical (unpaired) electrons. The number of anilines is 1. The van der Waals surface area contributed by atoms with Gasteiger partial charge < -0.3 is 9.64 Å². The summed E-state index contributed by atoms with van der Waals surface area (Å²) in [4.78, 5) is 20.5. The lowest BCUT2D eigenvalue weighted by Gasteiger charge is -2.44. The highest BCUT2D eigenvalue weighted by molar-refractivity contribution is 5.69. The molecule has 1 fully saturated rings. The highest BCUT2D eigenvalue weighted by atomic mass is 16.5. The molecule has 5 nitrogen and oxygen atoms in total. The van der Waals surface area contributed by atoms with E-state index < -0.39 is 0 Å². The normalized spacial score (nSPS) is 22.6. The first-order chi connectivity index (χ1) is 10.2. The molecule has 0 saturated carbocycles. The van der Waals surface area contributed by atoms with Crippen LogP contribution >= 0.6 is 0 Å². The molecule has 122 valence electrons. The highest BCUT2D eigenvalue weighted by Gasteiger charge is 2.34. The summed E-state index contributed by atoms with van der Waals surface area (Å²) in [5.41, 5.74) is 1.33. The maximum Gasteiger partial charge on any atom is 0.410 e. The molecular formula is C17H27N3O2. The second-order valence-electron chi connectivity index (χ2n) is 7.14. The third kappa shape index (κ3) is 3.34. The molecule has 1 aliphatic rings. The number of carbonyl (C=O) groups excluding carboxylic acids is 1. The van der Waals surface area contributed by atoms with Crippen LogP contribution in [0.15, 0.2) is 18.3 Å². The first-order valence-corrected chi connectivity index (χ1v) is 7.81. The van der Waals surface area contributed by atoms with Crippen LogP contribution in [-0.4, -0.2) is 48.3 Å². The third-order valence-electron chi connectivity index (χ3n) is 4.24. The van der Waals surface area contributed by atoms with Crippen molar-refractivity contribution in [2.75, 3.05) is 25.1 Å². The van der Waals surface area contributed by atoms with E-state index in [1.165, 1.54) is 12.7 Å². The van der Waals surface area contributed by atoms with Crippen LogP contribution < -0.4 is 4.90 Å². The summed E-state index contributed by atoms with van der Waals surface area (Å²) in [5.74, 6) is 0.969. The van der Waals surface area contributed by atoms with Crippen molar-refractivity contribution >= 4 is 11.9 Å². The zero-order chi connectivity index (χ0) is 16.5. The Balaban J connectivity index is 2.13. The largest absolute Gasteiger partial charge is 0.453 e. The Hall–Kier alpha value is -1.78. The van der Waals surface area contributed by atoms with E-state index in [9.17, 15) is 4.79 Å². The Kier molecular flexibility index (Phi) is 4.63.